The summed E-state index contributed by atoms with van der Waals surface area (Å²) in [6, 6.07) is 3.80. The molecule has 0 aliphatic heterocycles. The summed E-state index contributed by atoms with van der Waals surface area (Å²) in [7, 11) is 0. The maximum atomic E-state index is 12.1. The van der Waals surface area contributed by atoms with Crippen LogP contribution in [-0.2, 0) is 6.42 Å². The van der Waals surface area contributed by atoms with Crippen molar-refractivity contribution in [1.29, 1.82) is 0 Å². The van der Waals surface area contributed by atoms with Gasteiger partial charge in [0.1, 0.15) is 0 Å². The zero-order valence-electron chi connectivity index (χ0n) is 9.89. The van der Waals surface area contributed by atoms with Crippen LogP contribution < -0.4 is 5.56 Å². The van der Waals surface area contributed by atoms with Crippen LogP contribution in [0.1, 0.15) is 38.3 Å². The first-order valence-corrected chi connectivity index (χ1v) is 5.97. The van der Waals surface area contributed by atoms with E-state index in [0.29, 0.717) is 5.92 Å². The van der Waals surface area contributed by atoms with Crippen molar-refractivity contribution in [2.75, 3.05) is 0 Å². The van der Waals surface area contributed by atoms with Gasteiger partial charge in [-0.05, 0) is 31.2 Å². The summed E-state index contributed by atoms with van der Waals surface area (Å²) in [6.45, 7) is 4.21. The van der Waals surface area contributed by atoms with Gasteiger partial charge in [0.05, 0.1) is 12.1 Å². The Morgan fingerprint density at radius 3 is 2.75 bits per heavy atom. The lowest BCUT2D eigenvalue weighted by Gasteiger charge is -2.34. The number of aliphatic hydroxyl groups is 1. The molecule has 1 aliphatic rings. The number of pyridine rings is 1. The zero-order valence-corrected chi connectivity index (χ0v) is 9.89. The van der Waals surface area contributed by atoms with Crippen LogP contribution in [0.25, 0.3) is 0 Å². The third-order valence-corrected chi connectivity index (χ3v) is 3.24. The summed E-state index contributed by atoms with van der Waals surface area (Å²) < 4.78 is 1.70. The van der Waals surface area contributed by atoms with Crippen molar-refractivity contribution in [3.8, 4) is 0 Å². The summed E-state index contributed by atoms with van der Waals surface area (Å²) in [6.07, 6.45) is 3.98. The first-order valence-electron chi connectivity index (χ1n) is 5.97. The predicted octanol–water partition coefficient (Wildman–Crippen LogP) is 1.74. The molecule has 1 aromatic heterocycles. The zero-order chi connectivity index (χ0) is 11.7. The van der Waals surface area contributed by atoms with Crippen LogP contribution in [-0.4, -0.2) is 15.8 Å². The van der Waals surface area contributed by atoms with Crippen LogP contribution in [0.3, 0.4) is 0 Å². The summed E-state index contributed by atoms with van der Waals surface area (Å²) in [5, 5.41) is 9.60. The highest BCUT2D eigenvalue weighted by atomic mass is 16.3. The number of hydrogen-bond acceptors (Lipinski definition) is 2. The Balaban J connectivity index is 2.29. The fraction of sp³-hybridized carbons (Fsp3) is 0.615. The highest BCUT2D eigenvalue weighted by Crippen LogP contribution is 2.30. The molecule has 1 aliphatic carbocycles. The van der Waals surface area contributed by atoms with Crippen molar-refractivity contribution >= 4 is 0 Å². The van der Waals surface area contributed by atoms with Gasteiger partial charge in [-0.25, -0.2) is 0 Å². The Morgan fingerprint density at radius 2 is 2.25 bits per heavy atom. The molecule has 0 saturated heterocycles. The number of rotatable bonds is 3. The molecular formula is C13H19NO2. The molecule has 1 fully saturated rings. The average Bonchev–Trinajstić information content (AvgIpc) is 2.21. The first-order chi connectivity index (χ1) is 7.59. The fourth-order valence-electron chi connectivity index (χ4n) is 2.20. The maximum absolute atomic E-state index is 12.1. The van der Waals surface area contributed by atoms with Crippen LogP contribution in [0.15, 0.2) is 23.1 Å². The van der Waals surface area contributed by atoms with Gasteiger partial charge in [-0.3, -0.25) is 4.79 Å². The van der Waals surface area contributed by atoms with E-state index in [1.807, 2.05) is 12.1 Å². The van der Waals surface area contributed by atoms with E-state index in [0.717, 1.165) is 24.8 Å². The third-order valence-electron chi connectivity index (χ3n) is 3.24. The molecule has 88 valence electrons. The van der Waals surface area contributed by atoms with Gasteiger partial charge in [0, 0.05) is 11.8 Å². The molecule has 3 heteroatoms. The second kappa shape index (κ2) is 4.42. The van der Waals surface area contributed by atoms with Crippen molar-refractivity contribution in [1.82, 2.24) is 4.57 Å². The van der Waals surface area contributed by atoms with Crippen molar-refractivity contribution in [2.45, 2.75) is 45.3 Å². The van der Waals surface area contributed by atoms with Crippen molar-refractivity contribution in [2.24, 2.45) is 5.92 Å². The normalized spacial score (nSPS) is 24.5. The number of aliphatic hydroxyl groups excluding tert-OH is 1. The lowest BCUT2D eigenvalue weighted by Crippen LogP contribution is -2.40. The monoisotopic (exact) mass is 221 g/mol. The molecule has 0 radical (unpaired) electrons. The SMILES string of the molecule is CC(C)Cc1cccn([C@H]2CC[C@H]2O)c1=O. The molecule has 0 aromatic carbocycles. The largest absolute Gasteiger partial charge is 0.391 e. The summed E-state index contributed by atoms with van der Waals surface area (Å²) in [5.74, 6) is 0.481. The molecule has 0 bridgehead atoms. The van der Waals surface area contributed by atoms with E-state index in [9.17, 15) is 9.90 Å². The van der Waals surface area contributed by atoms with E-state index >= 15 is 0 Å². The topological polar surface area (TPSA) is 42.2 Å². The Morgan fingerprint density at radius 1 is 1.50 bits per heavy atom. The molecule has 1 heterocycles. The van der Waals surface area contributed by atoms with Gasteiger partial charge in [0.2, 0.25) is 0 Å². The average molecular weight is 221 g/mol. The minimum Gasteiger partial charge on any atom is -0.391 e. The standard InChI is InChI=1S/C13H19NO2/c1-9(2)8-10-4-3-7-14(13(10)16)11-5-6-12(11)15/h3-4,7,9,11-12,15H,5-6,8H2,1-2H3/t11-,12+/m0/s1. The van der Waals surface area contributed by atoms with Crippen molar-refractivity contribution in [3.05, 3.63) is 34.2 Å². The van der Waals surface area contributed by atoms with Crippen molar-refractivity contribution in [3.63, 3.8) is 0 Å². The molecule has 2 atom stereocenters. The highest BCUT2D eigenvalue weighted by molar-refractivity contribution is 5.12. The Hall–Kier alpha value is -1.09. The number of aromatic nitrogens is 1. The predicted molar refractivity (Wildman–Crippen MR) is 63.5 cm³/mol. The smallest absolute Gasteiger partial charge is 0.254 e. The molecule has 16 heavy (non-hydrogen) atoms. The minimum absolute atomic E-state index is 0.000359. The Kier molecular flexibility index (Phi) is 3.15. The molecular weight excluding hydrogens is 202 g/mol. The molecule has 0 unspecified atom stereocenters. The second-order valence-electron chi connectivity index (χ2n) is 5.06. The van der Waals surface area contributed by atoms with Gasteiger partial charge in [0.25, 0.3) is 5.56 Å². The molecule has 3 nitrogen and oxygen atoms in total. The van der Waals surface area contributed by atoms with Crippen molar-refractivity contribution < 1.29 is 5.11 Å². The van der Waals surface area contributed by atoms with Gasteiger partial charge in [-0.15, -0.1) is 0 Å². The maximum Gasteiger partial charge on any atom is 0.254 e. The third kappa shape index (κ3) is 2.05. The van der Waals surface area contributed by atoms with Gasteiger partial charge in [-0.2, -0.15) is 0 Å². The Bertz CT molecular complexity index is 422. The summed E-state index contributed by atoms with van der Waals surface area (Å²) in [4.78, 5) is 12.1. The van der Waals surface area contributed by atoms with E-state index in [1.165, 1.54) is 0 Å². The molecule has 1 N–H and O–H groups in total. The molecule has 2 rings (SSSR count). The highest BCUT2D eigenvalue weighted by Gasteiger charge is 2.31. The van der Waals surface area contributed by atoms with E-state index in [1.54, 1.807) is 10.8 Å². The lowest BCUT2D eigenvalue weighted by atomic mass is 9.88. The van der Waals surface area contributed by atoms with Gasteiger partial charge in [0.15, 0.2) is 0 Å². The van der Waals surface area contributed by atoms with E-state index < -0.39 is 0 Å². The van der Waals surface area contributed by atoms with Gasteiger partial charge in [-0.1, -0.05) is 19.9 Å². The summed E-state index contributed by atoms with van der Waals surface area (Å²) in [5.41, 5.74) is 0.927. The van der Waals surface area contributed by atoms with Gasteiger partial charge < -0.3 is 9.67 Å². The van der Waals surface area contributed by atoms with E-state index in [-0.39, 0.29) is 17.7 Å². The van der Waals surface area contributed by atoms with Crippen LogP contribution >= 0.6 is 0 Å². The molecule has 1 saturated carbocycles. The molecule has 0 amide bonds. The van der Waals surface area contributed by atoms with E-state index in [2.05, 4.69) is 13.8 Å². The second-order valence-corrected chi connectivity index (χ2v) is 5.06. The lowest BCUT2D eigenvalue weighted by molar-refractivity contribution is 0.0297. The molecule has 0 spiro atoms. The number of hydrogen-bond donors (Lipinski definition) is 1. The van der Waals surface area contributed by atoms with Crippen LogP contribution in [0.4, 0.5) is 0 Å². The Labute approximate surface area is 95.7 Å². The van der Waals surface area contributed by atoms with Crippen LogP contribution in [0, 0.1) is 5.92 Å². The quantitative estimate of drug-likeness (QED) is 0.844. The summed E-state index contributed by atoms with van der Waals surface area (Å²) >= 11 is 0. The van der Waals surface area contributed by atoms with Crippen LogP contribution in [0.5, 0.6) is 0 Å². The minimum atomic E-state index is -0.341. The fourth-order valence-corrected chi connectivity index (χ4v) is 2.20. The molecule has 1 aromatic rings. The first kappa shape index (κ1) is 11.4. The van der Waals surface area contributed by atoms with E-state index in [4.69, 9.17) is 0 Å². The van der Waals surface area contributed by atoms with Crippen LogP contribution in [0.2, 0.25) is 0 Å². The van der Waals surface area contributed by atoms with Gasteiger partial charge >= 0.3 is 0 Å². The number of nitrogens with zero attached hydrogens (tertiary/aromatic N) is 1.